The molecule has 7 heteroatoms. The lowest BCUT2D eigenvalue weighted by molar-refractivity contribution is -0.123. The van der Waals surface area contributed by atoms with Crippen molar-refractivity contribution in [3.05, 3.63) is 52.0 Å². The van der Waals surface area contributed by atoms with Crippen molar-refractivity contribution in [2.45, 2.75) is 38.6 Å². The second kappa shape index (κ2) is 9.87. The monoisotopic (exact) mass is 427 g/mol. The van der Waals surface area contributed by atoms with Crippen LogP contribution in [0.1, 0.15) is 35.5 Å². The third-order valence-corrected chi connectivity index (χ3v) is 6.58. The van der Waals surface area contributed by atoms with Crippen LogP contribution in [0, 0.1) is 11.3 Å². The first-order valence-electron chi connectivity index (χ1n) is 9.21. The molecule has 2 aliphatic rings. The number of rotatable bonds is 6. The molecule has 4 rings (SSSR count). The zero-order valence-electron chi connectivity index (χ0n) is 15.3. The summed E-state index contributed by atoms with van der Waals surface area (Å²) in [5.41, 5.74) is 2.63. The molecule has 2 fully saturated rings. The van der Waals surface area contributed by atoms with Crippen molar-refractivity contribution in [2.75, 3.05) is 13.1 Å². The Balaban J connectivity index is 0.00000131. The molecule has 2 heterocycles. The van der Waals surface area contributed by atoms with E-state index < -0.39 is 0 Å². The van der Waals surface area contributed by atoms with E-state index in [1.54, 1.807) is 11.3 Å². The van der Waals surface area contributed by atoms with Gasteiger partial charge in [0.05, 0.1) is 17.2 Å². The smallest absolute Gasteiger partial charge is 0.224 e. The summed E-state index contributed by atoms with van der Waals surface area (Å²) in [6.45, 7) is 2.67. The summed E-state index contributed by atoms with van der Waals surface area (Å²) in [7, 11) is 0. The Hall–Kier alpha value is -1.14. The van der Waals surface area contributed by atoms with Crippen LogP contribution in [0.25, 0.3) is 0 Å². The minimum atomic E-state index is 0. The number of piperidine rings is 1. The first-order chi connectivity index (χ1) is 12.3. The second-order valence-corrected chi connectivity index (χ2v) is 8.25. The first-order valence-corrected chi connectivity index (χ1v) is 10.1. The lowest BCUT2D eigenvalue weighted by atomic mass is 9.92. The van der Waals surface area contributed by atoms with Crippen LogP contribution in [0.15, 0.2) is 35.7 Å². The number of thiazole rings is 1. The summed E-state index contributed by atoms with van der Waals surface area (Å²) in [6, 6.07) is 10.5. The molecule has 1 aromatic heterocycles. The molecule has 1 spiro atoms. The van der Waals surface area contributed by atoms with E-state index in [0.717, 1.165) is 55.9 Å². The summed E-state index contributed by atoms with van der Waals surface area (Å²) < 4.78 is 0. The molecule has 1 unspecified atom stereocenters. The van der Waals surface area contributed by atoms with Crippen LogP contribution in [-0.2, 0) is 24.2 Å². The maximum atomic E-state index is 12.4. The van der Waals surface area contributed by atoms with Gasteiger partial charge in [0, 0.05) is 17.7 Å². The van der Waals surface area contributed by atoms with E-state index in [-0.39, 0.29) is 36.6 Å². The van der Waals surface area contributed by atoms with Gasteiger partial charge in [-0.2, -0.15) is 0 Å². The molecule has 2 aromatic rings. The highest BCUT2D eigenvalue weighted by atomic mass is 35.5. The summed E-state index contributed by atoms with van der Waals surface area (Å²) in [5.74, 6) is 0.450. The van der Waals surface area contributed by atoms with E-state index in [1.807, 2.05) is 6.07 Å². The molecule has 1 atom stereocenters. The van der Waals surface area contributed by atoms with Crippen molar-refractivity contribution in [1.29, 1.82) is 0 Å². The fraction of sp³-hybridized carbons (Fsp3) is 0.500. The normalized spacial score (nSPS) is 19.6. The Bertz CT molecular complexity index is 732. The number of hydrogen-bond acceptors (Lipinski definition) is 4. The van der Waals surface area contributed by atoms with Gasteiger partial charge >= 0.3 is 0 Å². The number of carbonyl (C=O) groups is 1. The van der Waals surface area contributed by atoms with Gasteiger partial charge in [0.1, 0.15) is 0 Å². The Morgan fingerprint density at radius 1 is 1.19 bits per heavy atom. The topological polar surface area (TPSA) is 54.0 Å². The van der Waals surface area contributed by atoms with Gasteiger partial charge in [-0.15, -0.1) is 36.2 Å². The zero-order chi connectivity index (χ0) is 17.1. The fourth-order valence-electron chi connectivity index (χ4n) is 3.94. The number of aromatic nitrogens is 1. The van der Waals surface area contributed by atoms with Crippen LogP contribution >= 0.6 is 36.2 Å². The molecule has 1 saturated heterocycles. The summed E-state index contributed by atoms with van der Waals surface area (Å²) >= 11 is 1.70. The molecule has 0 radical (unpaired) electrons. The second-order valence-electron chi connectivity index (χ2n) is 7.31. The molecule has 2 N–H and O–H groups in total. The van der Waals surface area contributed by atoms with E-state index in [0.29, 0.717) is 12.0 Å². The van der Waals surface area contributed by atoms with Crippen LogP contribution < -0.4 is 10.6 Å². The maximum Gasteiger partial charge on any atom is 0.224 e. The van der Waals surface area contributed by atoms with Gasteiger partial charge in [0.15, 0.2) is 0 Å². The molecular formula is C20H27Cl2N3OS. The van der Waals surface area contributed by atoms with E-state index >= 15 is 0 Å². The van der Waals surface area contributed by atoms with Gasteiger partial charge in [0.25, 0.3) is 0 Å². The minimum Gasteiger partial charge on any atom is -0.350 e. The predicted molar refractivity (Wildman–Crippen MR) is 115 cm³/mol. The largest absolute Gasteiger partial charge is 0.350 e. The molecule has 1 amide bonds. The lowest BCUT2D eigenvalue weighted by Gasteiger charge is -2.23. The third kappa shape index (κ3) is 5.44. The minimum absolute atomic E-state index is 0. The van der Waals surface area contributed by atoms with Crippen molar-refractivity contribution in [3.8, 4) is 0 Å². The Morgan fingerprint density at radius 2 is 1.93 bits per heavy atom. The first kappa shape index (κ1) is 22.2. The van der Waals surface area contributed by atoms with Gasteiger partial charge in [-0.25, -0.2) is 4.98 Å². The maximum absolute atomic E-state index is 12.4. The number of nitrogens with one attached hydrogen (secondary N) is 2. The number of benzene rings is 1. The Labute approximate surface area is 177 Å². The Kier molecular flexibility index (Phi) is 8.10. The van der Waals surface area contributed by atoms with E-state index in [9.17, 15) is 4.79 Å². The van der Waals surface area contributed by atoms with E-state index in [1.165, 1.54) is 5.56 Å². The highest BCUT2D eigenvalue weighted by Gasteiger charge is 2.57. The van der Waals surface area contributed by atoms with Crippen LogP contribution in [0.3, 0.4) is 0 Å². The van der Waals surface area contributed by atoms with Crippen LogP contribution in [0.2, 0.25) is 0 Å². The number of amides is 1. The highest BCUT2D eigenvalue weighted by Crippen LogP contribution is 2.58. The molecule has 0 bridgehead atoms. The Morgan fingerprint density at radius 3 is 2.67 bits per heavy atom. The van der Waals surface area contributed by atoms with Crippen LogP contribution in [0.4, 0.5) is 0 Å². The molecule has 1 saturated carbocycles. The SMILES string of the molecule is Cl.Cl.O=C(NCc1csc(CCc2ccccc2)n1)C1CC12CCNCC2. The molecule has 1 aliphatic heterocycles. The number of hydrogen-bond donors (Lipinski definition) is 2. The predicted octanol–water partition coefficient (Wildman–Crippen LogP) is 3.78. The molecular weight excluding hydrogens is 401 g/mol. The number of nitrogens with zero attached hydrogens (tertiary/aromatic N) is 1. The number of halogens is 2. The van der Waals surface area contributed by atoms with Gasteiger partial charge in [0.2, 0.25) is 5.91 Å². The summed E-state index contributed by atoms with van der Waals surface area (Å²) in [6.07, 6.45) is 5.33. The molecule has 4 nitrogen and oxygen atoms in total. The van der Waals surface area contributed by atoms with Crippen molar-refractivity contribution in [1.82, 2.24) is 15.6 Å². The van der Waals surface area contributed by atoms with Crippen molar-refractivity contribution in [2.24, 2.45) is 11.3 Å². The average Bonchev–Trinajstić information content (AvgIpc) is 3.14. The van der Waals surface area contributed by atoms with Gasteiger partial charge in [-0.1, -0.05) is 30.3 Å². The van der Waals surface area contributed by atoms with Crippen LogP contribution in [0.5, 0.6) is 0 Å². The van der Waals surface area contributed by atoms with E-state index in [4.69, 9.17) is 0 Å². The van der Waals surface area contributed by atoms with E-state index in [2.05, 4.69) is 45.3 Å². The van der Waals surface area contributed by atoms with Crippen molar-refractivity contribution < 1.29 is 4.79 Å². The number of aryl methyl sites for hydroxylation is 2. The fourth-order valence-corrected chi connectivity index (χ4v) is 4.74. The van der Waals surface area contributed by atoms with Gasteiger partial charge in [-0.05, 0) is 49.8 Å². The molecule has 27 heavy (non-hydrogen) atoms. The zero-order valence-corrected chi connectivity index (χ0v) is 17.7. The highest BCUT2D eigenvalue weighted by molar-refractivity contribution is 7.09. The molecule has 1 aromatic carbocycles. The average molecular weight is 428 g/mol. The van der Waals surface area contributed by atoms with Gasteiger partial charge < -0.3 is 10.6 Å². The third-order valence-electron chi connectivity index (χ3n) is 5.62. The van der Waals surface area contributed by atoms with Gasteiger partial charge in [-0.3, -0.25) is 4.79 Å². The summed E-state index contributed by atoms with van der Waals surface area (Å²) in [5, 5.41) is 9.71. The number of carbonyl (C=O) groups excluding carboxylic acids is 1. The summed E-state index contributed by atoms with van der Waals surface area (Å²) in [4.78, 5) is 17.1. The standard InChI is InChI=1S/C20H25N3OS.2ClH/c24-19(17-12-20(17)8-10-21-11-9-20)22-13-16-14-25-18(23-16)7-6-15-4-2-1-3-5-15;;/h1-5,14,17,21H,6-13H2,(H,22,24);2*1H. The molecule has 148 valence electrons. The quantitative estimate of drug-likeness (QED) is 0.737. The lowest BCUT2D eigenvalue weighted by Crippen LogP contribution is -2.33. The van der Waals surface area contributed by atoms with Crippen molar-refractivity contribution >= 4 is 42.1 Å². The van der Waals surface area contributed by atoms with Crippen LogP contribution in [-0.4, -0.2) is 24.0 Å². The molecule has 1 aliphatic carbocycles. The van der Waals surface area contributed by atoms with Crippen molar-refractivity contribution in [3.63, 3.8) is 0 Å².